The van der Waals surface area contributed by atoms with Gasteiger partial charge < -0.3 is 10.6 Å². The molecule has 0 bridgehead atoms. The van der Waals surface area contributed by atoms with Gasteiger partial charge in [-0.05, 0) is 26.2 Å². The summed E-state index contributed by atoms with van der Waals surface area (Å²) >= 11 is 0. The number of hydrogen-bond donors (Lipinski definition) is 2. The van der Waals surface area contributed by atoms with Gasteiger partial charge in [0.1, 0.15) is 12.7 Å². The first-order chi connectivity index (χ1) is 10.1. The number of unbranched alkanes of at least 4 members (excludes halogenated alkanes) is 4. The van der Waals surface area contributed by atoms with Crippen LogP contribution in [0.15, 0.2) is 25.1 Å². The average Bonchev–Trinajstić information content (AvgIpc) is 2.86. The van der Waals surface area contributed by atoms with Gasteiger partial charge in [0, 0.05) is 13.3 Å². The van der Waals surface area contributed by atoms with Crippen molar-refractivity contribution >= 4 is 5.91 Å². The summed E-state index contributed by atoms with van der Waals surface area (Å²) in [5.74, 6) is 0.0548. The van der Waals surface area contributed by atoms with E-state index in [1.807, 2.05) is 6.08 Å². The van der Waals surface area contributed by atoms with Crippen LogP contribution in [0.1, 0.15) is 52.4 Å². The molecule has 0 saturated carbocycles. The first-order valence-electron chi connectivity index (χ1n) is 8.30. The van der Waals surface area contributed by atoms with Gasteiger partial charge in [0.2, 0.25) is 5.91 Å². The summed E-state index contributed by atoms with van der Waals surface area (Å²) in [5.41, 5.74) is 0. The predicted molar refractivity (Wildman–Crippen MR) is 88.3 cm³/mol. The summed E-state index contributed by atoms with van der Waals surface area (Å²) < 4.78 is 0.937. The quantitative estimate of drug-likeness (QED) is 0.349. The molecule has 0 saturated heterocycles. The number of nitrogens with zero attached hydrogens (tertiary/aromatic N) is 1. The second-order valence-corrected chi connectivity index (χ2v) is 5.90. The lowest BCUT2D eigenvalue weighted by Crippen LogP contribution is -2.55. The summed E-state index contributed by atoms with van der Waals surface area (Å²) in [6.45, 7) is 10.3. The molecule has 1 aliphatic heterocycles. The number of amides is 1. The van der Waals surface area contributed by atoms with Crippen LogP contribution in [0.25, 0.3) is 0 Å². The molecule has 1 amide bonds. The van der Waals surface area contributed by atoms with Crippen LogP contribution in [0.2, 0.25) is 0 Å². The van der Waals surface area contributed by atoms with E-state index in [9.17, 15) is 4.79 Å². The number of carbonyl (C=O) groups is 1. The van der Waals surface area contributed by atoms with Crippen molar-refractivity contribution in [2.75, 3.05) is 19.6 Å². The van der Waals surface area contributed by atoms with Crippen molar-refractivity contribution in [3.8, 4) is 0 Å². The predicted octanol–water partition coefficient (Wildman–Crippen LogP) is 2.89. The van der Waals surface area contributed by atoms with Crippen LogP contribution < -0.4 is 10.6 Å². The van der Waals surface area contributed by atoms with E-state index in [1.54, 1.807) is 6.92 Å². The fraction of sp³-hybridized carbons (Fsp3) is 0.706. The zero-order chi connectivity index (χ0) is 15.6. The third-order valence-electron chi connectivity index (χ3n) is 4.41. The highest BCUT2D eigenvalue weighted by molar-refractivity contribution is 5.72. The molecule has 1 heterocycles. The summed E-state index contributed by atoms with van der Waals surface area (Å²) in [4.78, 5) is 11.0. The van der Waals surface area contributed by atoms with Crippen molar-refractivity contribution in [1.29, 1.82) is 0 Å². The van der Waals surface area contributed by atoms with Gasteiger partial charge in [0.25, 0.3) is 0 Å². The number of quaternary nitrogens is 1. The SMILES string of the molecule is C=CCCCCCCC1NC=C[N+]1(CC)CCNC(C)=O. The normalized spacial score (nSPS) is 23.8. The molecular weight excluding hydrogens is 262 g/mol. The summed E-state index contributed by atoms with van der Waals surface area (Å²) in [5, 5.41) is 6.42. The molecule has 0 aliphatic carbocycles. The third-order valence-corrected chi connectivity index (χ3v) is 4.41. The van der Waals surface area contributed by atoms with Gasteiger partial charge in [-0.15, -0.1) is 6.58 Å². The fourth-order valence-corrected chi connectivity index (χ4v) is 3.03. The van der Waals surface area contributed by atoms with E-state index in [0.717, 1.165) is 30.5 Å². The van der Waals surface area contributed by atoms with Crippen LogP contribution in [0.5, 0.6) is 0 Å². The van der Waals surface area contributed by atoms with Crippen molar-refractivity contribution in [3.63, 3.8) is 0 Å². The Balaban J connectivity index is 2.34. The van der Waals surface area contributed by atoms with Crippen molar-refractivity contribution < 1.29 is 9.28 Å². The maximum Gasteiger partial charge on any atom is 0.217 e. The zero-order valence-corrected chi connectivity index (χ0v) is 13.7. The van der Waals surface area contributed by atoms with Crippen LogP contribution in [0.3, 0.4) is 0 Å². The van der Waals surface area contributed by atoms with Gasteiger partial charge in [-0.2, -0.15) is 0 Å². The number of rotatable bonds is 11. The minimum atomic E-state index is 0.0548. The highest BCUT2D eigenvalue weighted by Gasteiger charge is 2.36. The van der Waals surface area contributed by atoms with Gasteiger partial charge in [-0.3, -0.25) is 9.28 Å². The largest absolute Gasteiger partial charge is 0.351 e. The first kappa shape index (κ1) is 17.8. The van der Waals surface area contributed by atoms with Crippen molar-refractivity contribution in [2.45, 2.75) is 58.5 Å². The van der Waals surface area contributed by atoms with E-state index in [1.165, 1.54) is 32.1 Å². The monoisotopic (exact) mass is 294 g/mol. The van der Waals surface area contributed by atoms with Gasteiger partial charge in [-0.1, -0.05) is 18.9 Å². The highest BCUT2D eigenvalue weighted by Crippen LogP contribution is 2.22. The lowest BCUT2D eigenvalue weighted by atomic mass is 10.1. The van der Waals surface area contributed by atoms with E-state index in [4.69, 9.17) is 0 Å². The van der Waals surface area contributed by atoms with E-state index < -0.39 is 0 Å². The van der Waals surface area contributed by atoms with Crippen LogP contribution in [0, 0.1) is 0 Å². The number of likely N-dealkylation sites (N-methyl/N-ethyl adjacent to an activating group) is 1. The molecule has 2 atom stereocenters. The lowest BCUT2D eigenvalue weighted by molar-refractivity contribution is -0.898. The molecule has 0 aromatic carbocycles. The highest BCUT2D eigenvalue weighted by atomic mass is 16.1. The molecule has 4 nitrogen and oxygen atoms in total. The number of nitrogens with one attached hydrogen (secondary N) is 2. The molecule has 2 N–H and O–H groups in total. The molecular formula is C17H32N3O+. The topological polar surface area (TPSA) is 41.1 Å². The Morgan fingerprint density at radius 1 is 1.38 bits per heavy atom. The molecule has 0 aromatic rings. The Kier molecular flexibility index (Phi) is 8.13. The Morgan fingerprint density at radius 3 is 2.81 bits per heavy atom. The first-order valence-corrected chi connectivity index (χ1v) is 8.30. The van der Waals surface area contributed by atoms with Crippen molar-refractivity contribution in [1.82, 2.24) is 10.6 Å². The maximum atomic E-state index is 11.0. The molecule has 0 fully saturated rings. The van der Waals surface area contributed by atoms with Crippen LogP contribution in [0.4, 0.5) is 0 Å². The zero-order valence-electron chi connectivity index (χ0n) is 13.7. The Morgan fingerprint density at radius 2 is 2.14 bits per heavy atom. The molecule has 0 spiro atoms. The van der Waals surface area contributed by atoms with Gasteiger partial charge in [-0.25, -0.2) is 0 Å². The second-order valence-electron chi connectivity index (χ2n) is 5.90. The smallest absolute Gasteiger partial charge is 0.217 e. The third kappa shape index (κ3) is 5.92. The average molecular weight is 294 g/mol. The van der Waals surface area contributed by atoms with Crippen LogP contribution in [-0.4, -0.2) is 36.2 Å². The Hall–Kier alpha value is -1.29. The van der Waals surface area contributed by atoms with Crippen molar-refractivity contribution in [2.24, 2.45) is 0 Å². The minimum absolute atomic E-state index is 0.0548. The van der Waals surface area contributed by atoms with Crippen LogP contribution >= 0.6 is 0 Å². The fourth-order valence-electron chi connectivity index (χ4n) is 3.03. The molecule has 4 heteroatoms. The number of allylic oxidation sites excluding steroid dienone is 1. The standard InChI is InChI=1S/C17H31N3O/c1-4-6-7-8-9-10-11-17-19-13-15-20(17,5-2)14-12-18-16(3)21/h4,13,15,17,19H,1,5-12,14H2,2-3H3/p+1. The summed E-state index contributed by atoms with van der Waals surface area (Å²) in [6.07, 6.45) is 14.2. The van der Waals surface area contributed by atoms with Crippen molar-refractivity contribution in [3.05, 3.63) is 25.1 Å². The maximum absolute atomic E-state index is 11.0. The summed E-state index contributed by atoms with van der Waals surface area (Å²) in [7, 11) is 0. The van der Waals surface area contributed by atoms with E-state index >= 15 is 0 Å². The minimum Gasteiger partial charge on any atom is -0.351 e. The van der Waals surface area contributed by atoms with Gasteiger partial charge in [0.05, 0.1) is 19.3 Å². The Bertz CT molecular complexity index is 354. The molecule has 1 aliphatic rings. The molecule has 2 unspecified atom stereocenters. The van der Waals surface area contributed by atoms with E-state index in [2.05, 4.69) is 36.5 Å². The number of hydrogen-bond acceptors (Lipinski definition) is 2. The molecule has 21 heavy (non-hydrogen) atoms. The molecule has 0 radical (unpaired) electrons. The van der Waals surface area contributed by atoms with Crippen LogP contribution in [-0.2, 0) is 4.79 Å². The second kappa shape index (κ2) is 9.61. The molecule has 0 aromatic heterocycles. The lowest BCUT2D eigenvalue weighted by Gasteiger charge is -2.37. The van der Waals surface area contributed by atoms with Gasteiger partial charge >= 0.3 is 0 Å². The molecule has 120 valence electrons. The molecule has 1 rings (SSSR count). The number of carbonyl (C=O) groups excluding carboxylic acids is 1. The Labute approximate surface area is 129 Å². The summed E-state index contributed by atoms with van der Waals surface area (Å²) in [6, 6.07) is 0. The van der Waals surface area contributed by atoms with E-state index in [0.29, 0.717) is 6.17 Å². The van der Waals surface area contributed by atoms with Gasteiger partial charge in [0.15, 0.2) is 6.17 Å². The van der Waals surface area contributed by atoms with E-state index in [-0.39, 0.29) is 5.91 Å².